The van der Waals surface area contributed by atoms with E-state index < -0.39 is 5.97 Å². The molecule has 0 atom stereocenters. The van der Waals surface area contributed by atoms with Gasteiger partial charge in [-0.2, -0.15) is 0 Å². The van der Waals surface area contributed by atoms with E-state index in [9.17, 15) is 9.59 Å². The molecule has 0 spiro atoms. The molecule has 0 saturated heterocycles. The largest absolute Gasteiger partial charge is 0.460 e. The lowest BCUT2D eigenvalue weighted by molar-refractivity contribution is -0.143. The normalized spacial score (nSPS) is 10.3. The van der Waals surface area contributed by atoms with Gasteiger partial charge in [0.1, 0.15) is 13.2 Å². The number of esters is 1. The predicted octanol–water partition coefficient (Wildman–Crippen LogP) is 4.45. The van der Waals surface area contributed by atoms with Gasteiger partial charge in [-0.1, -0.05) is 60.7 Å². The maximum absolute atomic E-state index is 12.2. The molecule has 0 unspecified atom stereocenters. The summed E-state index contributed by atoms with van der Waals surface area (Å²) in [6, 6.07) is 27.0. The van der Waals surface area contributed by atoms with Crippen LogP contribution in [0.2, 0.25) is 0 Å². The Hall–Kier alpha value is -3.05. The van der Waals surface area contributed by atoms with Gasteiger partial charge in [-0.3, -0.25) is 9.59 Å². The molecule has 3 aromatic carbocycles. The van der Waals surface area contributed by atoms with Gasteiger partial charge in [0.05, 0.1) is 0 Å². The summed E-state index contributed by atoms with van der Waals surface area (Å²) in [5.41, 5.74) is 2.68. The van der Waals surface area contributed by atoms with Gasteiger partial charge in [-0.15, -0.1) is 11.8 Å². The second-order valence-corrected chi connectivity index (χ2v) is 7.18. The average molecular weight is 391 g/mol. The van der Waals surface area contributed by atoms with Crippen molar-refractivity contribution >= 4 is 23.6 Å². The van der Waals surface area contributed by atoms with E-state index >= 15 is 0 Å². The van der Waals surface area contributed by atoms with Crippen molar-refractivity contribution < 1.29 is 14.3 Å². The third-order valence-electron chi connectivity index (χ3n) is 4.00. The van der Waals surface area contributed by atoms with Crippen LogP contribution in [-0.2, 0) is 21.9 Å². The molecule has 142 valence electrons. The first-order valence-electron chi connectivity index (χ1n) is 8.95. The van der Waals surface area contributed by atoms with E-state index in [0.717, 1.165) is 16.2 Å². The zero-order valence-electron chi connectivity index (χ0n) is 15.3. The molecule has 4 nitrogen and oxygen atoms in total. The van der Waals surface area contributed by atoms with Crippen molar-refractivity contribution in [1.29, 1.82) is 0 Å². The smallest absolute Gasteiger partial charge is 0.325 e. The van der Waals surface area contributed by atoms with Gasteiger partial charge in [0.25, 0.3) is 5.91 Å². The molecule has 0 bridgehead atoms. The van der Waals surface area contributed by atoms with Gasteiger partial charge < -0.3 is 10.1 Å². The first-order chi connectivity index (χ1) is 13.7. The second kappa shape index (κ2) is 10.3. The number of carbonyl (C=O) groups excluding carboxylic acids is 2. The zero-order chi connectivity index (χ0) is 19.6. The van der Waals surface area contributed by atoms with Crippen molar-refractivity contribution in [3.05, 3.63) is 102 Å². The fourth-order valence-corrected chi connectivity index (χ4v) is 3.34. The highest BCUT2D eigenvalue weighted by Gasteiger charge is 2.09. The van der Waals surface area contributed by atoms with E-state index in [0.29, 0.717) is 5.56 Å². The van der Waals surface area contributed by atoms with Crippen molar-refractivity contribution in [3.63, 3.8) is 0 Å². The first-order valence-corrected chi connectivity index (χ1v) is 9.94. The Balaban J connectivity index is 1.42. The van der Waals surface area contributed by atoms with E-state index in [-0.39, 0.29) is 19.1 Å². The monoisotopic (exact) mass is 391 g/mol. The summed E-state index contributed by atoms with van der Waals surface area (Å²) in [7, 11) is 0. The van der Waals surface area contributed by atoms with E-state index in [4.69, 9.17) is 4.74 Å². The lowest BCUT2D eigenvalue weighted by atomic mass is 10.2. The molecular formula is C23H21NO3S. The van der Waals surface area contributed by atoms with E-state index in [1.165, 1.54) is 5.56 Å². The molecule has 5 heteroatoms. The minimum Gasteiger partial charge on any atom is -0.460 e. The number of benzene rings is 3. The Morgan fingerprint density at radius 1 is 0.786 bits per heavy atom. The van der Waals surface area contributed by atoms with Crippen LogP contribution in [-0.4, -0.2) is 18.4 Å². The van der Waals surface area contributed by atoms with E-state index in [1.807, 2.05) is 60.7 Å². The highest BCUT2D eigenvalue weighted by Crippen LogP contribution is 2.22. The van der Waals surface area contributed by atoms with Crippen LogP contribution in [0.1, 0.15) is 21.5 Å². The fraction of sp³-hybridized carbons (Fsp3) is 0.130. The van der Waals surface area contributed by atoms with Crippen LogP contribution in [0.25, 0.3) is 0 Å². The third-order valence-corrected chi connectivity index (χ3v) is 5.08. The summed E-state index contributed by atoms with van der Waals surface area (Å²) >= 11 is 1.71. The molecule has 1 N–H and O–H groups in total. The number of ether oxygens (including phenoxy) is 1. The lowest BCUT2D eigenvalue weighted by Crippen LogP contribution is -2.30. The summed E-state index contributed by atoms with van der Waals surface area (Å²) in [6.07, 6.45) is 0. The third kappa shape index (κ3) is 6.28. The summed E-state index contributed by atoms with van der Waals surface area (Å²) in [4.78, 5) is 25.1. The molecule has 0 fully saturated rings. The van der Waals surface area contributed by atoms with Gasteiger partial charge in [-0.05, 0) is 35.4 Å². The number of amides is 1. The quantitative estimate of drug-likeness (QED) is 0.455. The zero-order valence-corrected chi connectivity index (χ0v) is 16.2. The highest BCUT2D eigenvalue weighted by molar-refractivity contribution is 7.98. The van der Waals surface area contributed by atoms with Crippen molar-refractivity contribution in [3.8, 4) is 0 Å². The topological polar surface area (TPSA) is 55.4 Å². The second-order valence-electron chi connectivity index (χ2n) is 6.13. The molecule has 0 aliphatic rings. The lowest BCUT2D eigenvalue weighted by Gasteiger charge is -2.07. The molecule has 0 aliphatic heterocycles. The molecule has 0 radical (unpaired) electrons. The van der Waals surface area contributed by atoms with Crippen molar-refractivity contribution in [2.45, 2.75) is 17.3 Å². The summed E-state index contributed by atoms with van der Waals surface area (Å²) in [5, 5.41) is 2.59. The molecule has 1 amide bonds. The summed E-state index contributed by atoms with van der Waals surface area (Å²) in [6.45, 7) is 0.0407. The van der Waals surface area contributed by atoms with Crippen LogP contribution < -0.4 is 5.32 Å². The number of thioether (sulfide) groups is 1. The maximum Gasteiger partial charge on any atom is 0.325 e. The molecular weight excluding hydrogens is 370 g/mol. The molecule has 0 aliphatic carbocycles. The Morgan fingerprint density at radius 3 is 2.04 bits per heavy atom. The van der Waals surface area contributed by atoms with Crippen molar-refractivity contribution in [2.24, 2.45) is 0 Å². The Bertz CT molecular complexity index is 896. The predicted molar refractivity (Wildman–Crippen MR) is 111 cm³/mol. The minimum atomic E-state index is -0.466. The Morgan fingerprint density at radius 2 is 1.39 bits per heavy atom. The number of hydrogen-bond acceptors (Lipinski definition) is 4. The van der Waals surface area contributed by atoms with Crippen LogP contribution in [0.5, 0.6) is 0 Å². The fourth-order valence-electron chi connectivity index (χ4n) is 2.49. The molecule has 0 aromatic heterocycles. The van der Waals surface area contributed by atoms with Crippen molar-refractivity contribution in [2.75, 3.05) is 6.54 Å². The number of rotatable bonds is 8. The summed E-state index contributed by atoms with van der Waals surface area (Å²) < 4.78 is 5.15. The summed E-state index contributed by atoms with van der Waals surface area (Å²) in [5.74, 6) is 0.114. The van der Waals surface area contributed by atoms with Crippen LogP contribution >= 0.6 is 11.8 Å². The standard InChI is InChI=1S/C23H21NO3S/c25-22(27-16-18-7-3-1-4-8-18)15-24-23(26)20-11-13-21(14-12-20)28-17-19-9-5-2-6-10-19/h1-14H,15-17H2,(H,24,26). The molecule has 0 heterocycles. The highest BCUT2D eigenvalue weighted by atomic mass is 32.2. The van der Waals surface area contributed by atoms with Crippen molar-refractivity contribution in [1.82, 2.24) is 5.32 Å². The van der Waals surface area contributed by atoms with Gasteiger partial charge in [0.15, 0.2) is 0 Å². The Labute approximate surface area is 168 Å². The molecule has 0 saturated carbocycles. The Kier molecular flexibility index (Phi) is 7.27. The number of carbonyl (C=O) groups is 2. The van der Waals surface area contributed by atoms with Crippen LogP contribution in [0, 0.1) is 0 Å². The average Bonchev–Trinajstić information content (AvgIpc) is 2.76. The van der Waals surface area contributed by atoms with Crippen LogP contribution in [0.3, 0.4) is 0 Å². The van der Waals surface area contributed by atoms with Gasteiger partial charge in [0, 0.05) is 16.2 Å². The van der Waals surface area contributed by atoms with E-state index in [2.05, 4.69) is 17.4 Å². The van der Waals surface area contributed by atoms with Gasteiger partial charge >= 0.3 is 5.97 Å². The maximum atomic E-state index is 12.2. The SMILES string of the molecule is O=C(CNC(=O)c1ccc(SCc2ccccc2)cc1)OCc1ccccc1. The van der Waals surface area contributed by atoms with Crippen LogP contribution in [0.4, 0.5) is 0 Å². The van der Waals surface area contributed by atoms with Gasteiger partial charge in [0.2, 0.25) is 0 Å². The van der Waals surface area contributed by atoms with Gasteiger partial charge in [-0.25, -0.2) is 0 Å². The van der Waals surface area contributed by atoms with Crippen LogP contribution in [0.15, 0.2) is 89.8 Å². The molecule has 28 heavy (non-hydrogen) atoms. The number of nitrogens with one attached hydrogen (secondary N) is 1. The number of hydrogen-bond donors (Lipinski definition) is 1. The molecule has 3 aromatic rings. The van der Waals surface area contributed by atoms with E-state index in [1.54, 1.807) is 23.9 Å². The minimum absolute atomic E-state index is 0.157. The first kappa shape index (κ1) is 19.7. The molecule has 3 rings (SSSR count).